The van der Waals surface area contributed by atoms with Crippen LogP contribution < -0.4 is 10.1 Å². The number of hydrogen-bond acceptors (Lipinski definition) is 5. The van der Waals surface area contributed by atoms with E-state index in [0.29, 0.717) is 34.4 Å². The van der Waals surface area contributed by atoms with Gasteiger partial charge in [0.2, 0.25) is 5.78 Å². The zero-order chi connectivity index (χ0) is 25.4. The lowest BCUT2D eigenvalue weighted by Gasteiger charge is -2.42. The molecule has 1 saturated heterocycles. The van der Waals surface area contributed by atoms with Crippen molar-refractivity contribution in [3.05, 3.63) is 75.8 Å². The molecule has 188 valence electrons. The second-order valence-electron chi connectivity index (χ2n) is 9.61. The summed E-state index contributed by atoms with van der Waals surface area (Å²) in [6, 6.07) is 14.8. The maximum absolute atomic E-state index is 13.0. The zero-order valence-electron chi connectivity index (χ0n) is 20.0. The van der Waals surface area contributed by atoms with E-state index in [1.165, 1.54) is 0 Å². The average Bonchev–Trinajstić information content (AvgIpc) is 3.51. The van der Waals surface area contributed by atoms with Crippen LogP contribution in [-0.4, -0.2) is 46.9 Å². The minimum atomic E-state index is -1.55. The lowest BCUT2D eigenvalue weighted by molar-refractivity contribution is -0.139. The Morgan fingerprint density at radius 2 is 1.72 bits per heavy atom. The molecule has 8 heteroatoms. The van der Waals surface area contributed by atoms with Crippen molar-refractivity contribution in [2.24, 2.45) is 0 Å². The van der Waals surface area contributed by atoms with Gasteiger partial charge in [-0.05, 0) is 73.7 Å². The summed E-state index contributed by atoms with van der Waals surface area (Å²) < 4.78 is 5.84. The topological polar surface area (TPSA) is 78.9 Å². The summed E-state index contributed by atoms with van der Waals surface area (Å²) in [6.45, 7) is 3.03. The molecule has 3 aromatic carbocycles. The standard InChI is InChI=1S/C28H28Cl2N2O4/c1-17(31-27(34)26(33)20-5-4-19-15-22(29)8-6-18(19)14-20)28(35,32-12-2-3-13-32)21-7-11-25(24(30)16-21)36-23-9-10-23/h4-8,11,14-17,23,35H,2-3,9-10,12-13H2,1H3,(H,31,34)/t17-,28+/m1/s1. The van der Waals surface area contributed by atoms with Gasteiger partial charge in [0.05, 0.1) is 17.2 Å². The first kappa shape index (κ1) is 25.0. The number of ketones is 1. The van der Waals surface area contributed by atoms with Gasteiger partial charge in [-0.1, -0.05) is 47.5 Å². The predicted octanol–water partition coefficient (Wildman–Crippen LogP) is 5.32. The molecule has 6 nitrogen and oxygen atoms in total. The van der Waals surface area contributed by atoms with Crippen molar-refractivity contribution in [2.75, 3.05) is 13.1 Å². The molecule has 36 heavy (non-hydrogen) atoms. The molecule has 1 saturated carbocycles. The van der Waals surface area contributed by atoms with Gasteiger partial charge < -0.3 is 15.2 Å². The van der Waals surface area contributed by atoms with Crippen LogP contribution in [0, 0.1) is 0 Å². The van der Waals surface area contributed by atoms with Gasteiger partial charge in [0.1, 0.15) is 5.75 Å². The molecular weight excluding hydrogens is 499 g/mol. The van der Waals surface area contributed by atoms with E-state index in [0.717, 1.165) is 36.5 Å². The number of Topliss-reactive ketones (excluding diaryl/α,β-unsaturated/α-hetero) is 1. The normalized spacial score (nSPS) is 18.6. The van der Waals surface area contributed by atoms with Crippen molar-refractivity contribution in [2.45, 2.75) is 50.5 Å². The fourth-order valence-electron chi connectivity index (χ4n) is 4.81. The van der Waals surface area contributed by atoms with Gasteiger partial charge in [0.15, 0.2) is 5.72 Å². The highest BCUT2D eigenvalue weighted by Gasteiger charge is 2.44. The predicted molar refractivity (Wildman–Crippen MR) is 141 cm³/mol. The summed E-state index contributed by atoms with van der Waals surface area (Å²) >= 11 is 12.6. The van der Waals surface area contributed by atoms with Crippen LogP contribution in [0.5, 0.6) is 5.75 Å². The molecule has 2 N–H and O–H groups in total. The second-order valence-corrected chi connectivity index (χ2v) is 10.5. The first-order chi connectivity index (χ1) is 17.3. The molecule has 1 aliphatic heterocycles. The van der Waals surface area contributed by atoms with Gasteiger partial charge in [-0.15, -0.1) is 0 Å². The quantitative estimate of drug-likeness (QED) is 0.307. The molecule has 3 aromatic rings. The molecule has 0 spiro atoms. The first-order valence-electron chi connectivity index (χ1n) is 12.2. The van der Waals surface area contributed by atoms with E-state index in [9.17, 15) is 14.7 Å². The number of aliphatic hydroxyl groups is 1. The molecule has 1 aliphatic carbocycles. The highest BCUT2D eigenvalue weighted by atomic mass is 35.5. The molecule has 5 rings (SSSR count). The summed E-state index contributed by atoms with van der Waals surface area (Å²) in [5.41, 5.74) is -0.738. The number of fused-ring (bicyclic) bond motifs is 1. The number of nitrogens with one attached hydrogen (secondary N) is 1. The number of halogens is 2. The highest BCUT2D eigenvalue weighted by molar-refractivity contribution is 6.43. The van der Waals surface area contributed by atoms with Crippen molar-refractivity contribution < 1.29 is 19.4 Å². The Hall–Kier alpha value is -2.64. The maximum Gasteiger partial charge on any atom is 0.292 e. The molecule has 0 bridgehead atoms. The Bertz CT molecular complexity index is 1320. The van der Waals surface area contributed by atoms with Crippen molar-refractivity contribution in [3.63, 3.8) is 0 Å². The van der Waals surface area contributed by atoms with Crippen molar-refractivity contribution >= 4 is 45.7 Å². The van der Waals surface area contributed by atoms with Crippen LogP contribution in [0.2, 0.25) is 10.0 Å². The third-order valence-corrected chi connectivity index (χ3v) is 7.52. The number of likely N-dealkylation sites (tertiary alicyclic amines) is 1. The Balaban J connectivity index is 1.38. The minimum absolute atomic E-state index is 0.196. The van der Waals surface area contributed by atoms with E-state index in [-0.39, 0.29) is 11.7 Å². The van der Waals surface area contributed by atoms with Crippen LogP contribution in [0.25, 0.3) is 10.8 Å². The lowest BCUT2D eigenvalue weighted by Crippen LogP contribution is -2.59. The number of amides is 1. The fourth-order valence-corrected chi connectivity index (χ4v) is 5.21. The van der Waals surface area contributed by atoms with Crippen molar-refractivity contribution in [1.29, 1.82) is 0 Å². The van der Waals surface area contributed by atoms with Crippen LogP contribution in [0.15, 0.2) is 54.6 Å². The average molecular weight is 527 g/mol. The molecule has 0 aromatic heterocycles. The van der Waals surface area contributed by atoms with Gasteiger partial charge in [0.25, 0.3) is 5.91 Å². The lowest BCUT2D eigenvalue weighted by atomic mass is 9.93. The second kappa shape index (κ2) is 10.0. The molecule has 1 amide bonds. The van der Waals surface area contributed by atoms with Crippen LogP contribution in [0.1, 0.15) is 48.5 Å². The third kappa shape index (κ3) is 4.96. The van der Waals surface area contributed by atoms with Crippen LogP contribution in [-0.2, 0) is 10.5 Å². The minimum Gasteiger partial charge on any atom is -0.489 e. The number of carbonyl (C=O) groups excluding carboxylic acids is 2. The first-order valence-corrected chi connectivity index (χ1v) is 13.0. The smallest absolute Gasteiger partial charge is 0.292 e. The van der Waals surface area contributed by atoms with E-state index >= 15 is 0 Å². The fraction of sp³-hybridized carbons (Fsp3) is 0.357. The molecule has 0 radical (unpaired) electrons. The van der Waals surface area contributed by atoms with Gasteiger partial charge in [-0.2, -0.15) is 0 Å². The van der Waals surface area contributed by atoms with E-state index in [4.69, 9.17) is 27.9 Å². The number of nitrogens with zero attached hydrogens (tertiary/aromatic N) is 1. The Morgan fingerprint density at radius 3 is 2.42 bits per heavy atom. The zero-order valence-corrected chi connectivity index (χ0v) is 21.5. The van der Waals surface area contributed by atoms with Crippen LogP contribution in [0.4, 0.5) is 0 Å². The third-order valence-electron chi connectivity index (χ3n) is 6.99. The Labute approximate surface area is 220 Å². The molecule has 2 atom stereocenters. The number of benzene rings is 3. The number of carbonyl (C=O) groups is 2. The van der Waals surface area contributed by atoms with E-state index in [1.54, 1.807) is 61.5 Å². The van der Waals surface area contributed by atoms with Gasteiger partial charge >= 0.3 is 0 Å². The van der Waals surface area contributed by atoms with Crippen LogP contribution >= 0.6 is 23.2 Å². The maximum atomic E-state index is 13.0. The van der Waals surface area contributed by atoms with Gasteiger partial charge in [-0.3, -0.25) is 14.5 Å². The SMILES string of the molecule is C[C@@H](NC(=O)C(=O)c1ccc2cc(Cl)ccc2c1)[C@](O)(c1ccc(OC2CC2)c(Cl)c1)N1CCCC1. The van der Waals surface area contributed by atoms with E-state index < -0.39 is 23.5 Å². The molecule has 2 fully saturated rings. The molecule has 2 aliphatic rings. The molecule has 1 heterocycles. The summed E-state index contributed by atoms with van der Waals surface area (Å²) in [4.78, 5) is 28.0. The Morgan fingerprint density at radius 1 is 1.03 bits per heavy atom. The largest absolute Gasteiger partial charge is 0.489 e. The van der Waals surface area contributed by atoms with Gasteiger partial charge in [0, 0.05) is 29.2 Å². The molecular formula is C28H28Cl2N2O4. The summed E-state index contributed by atoms with van der Waals surface area (Å²) in [5, 5.41) is 17.5. The van der Waals surface area contributed by atoms with E-state index in [2.05, 4.69) is 5.32 Å². The summed E-state index contributed by atoms with van der Waals surface area (Å²) in [5.74, 6) is -0.877. The summed E-state index contributed by atoms with van der Waals surface area (Å²) in [7, 11) is 0. The monoisotopic (exact) mass is 526 g/mol. The van der Waals surface area contributed by atoms with Crippen molar-refractivity contribution in [3.8, 4) is 5.75 Å². The van der Waals surface area contributed by atoms with Gasteiger partial charge in [-0.25, -0.2) is 0 Å². The Kier molecular flexibility index (Phi) is 6.97. The summed E-state index contributed by atoms with van der Waals surface area (Å²) in [6.07, 6.45) is 4.08. The number of rotatable bonds is 8. The number of hydrogen-bond donors (Lipinski definition) is 2. The molecule has 0 unspecified atom stereocenters. The number of ether oxygens (including phenoxy) is 1. The highest BCUT2D eigenvalue weighted by Crippen LogP contribution is 2.38. The van der Waals surface area contributed by atoms with E-state index in [1.807, 2.05) is 4.90 Å². The van der Waals surface area contributed by atoms with Crippen molar-refractivity contribution in [1.82, 2.24) is 10.2 Å². The van der Waals surface area contributed by atoms with Crippen LogP contribution in [0.3, 0.4) is 0 Å².